The van der Waals surface area contributed by atoms with Crippen LogP contribution >= 0.6 is 0 Å². The molecule has 0 bridgehead atoms. The molecule has 0 atom stereocenters. The molecular weight excluding hydrogens is 435 g/mol. The topological polar surface area (TPSA) is 6.48 Å². The van der Waals surface area contributed by atoms with Crippen molar-refractivity contribution in [2.45, 2.75) is 41.5 Å². The van der Waals surface area contributed by atoms with Crippen LogP contribution in [0.1, 0.15) is 33.4 Å². The van der Waals surface area contributed by atoms with Gasteiger partial charge in [0.25, 0.3) is 0 Å². The Kier molecular flexibility index (Phi) is 4.71. The molecular formula is C24H26N2Sn. The molecule has 27 heavy (non-hydrogen) atoms. The van der Waals surface area contributed by atoms with Crippen LogP contribution in [0.4, 0.5) is 22.7 Å². The van der Waals surface area contributed by atoms with Crippen molar-refractivity contribution in [1.29, 1.82) is 0 Å². The molecule has 1 aliphatic heterocycles. The Bertz CT molecular complexity index is 910. The predicted molar refractivity (Wildman–Crippen MR) is 118 cm³/mol. The van der Waals surface area contributed by atoms with E-state index in [9.17, 15) is 0 Å². The number of hydrogen-bond acceptors (Lipinski definition) is 2. The molecule has 3 heteroatoms. The molecule has 1 heterocycles. The summed E-state index contributed by atoms with van der Waals surface area (Å²) in [6.45, 7) is 13.4. The molecule has 136 valence electrons. The SMILES string of the molecule is Cc1cc(C)c([N]2[Sn][N](c3c(C)cc(C)cc3C)c3ccccc32)c(C)c1. The van der Waals surface area contributed by atoms with Gasteiger partial charge < -0.3 is 0 Å². The molecule has 1 aliphatic rings. The van der Waals surface area contributed by atoms with Gasteiger partial charge in [-0.05, 0) is 0 Å². The predicted octanol–water partition coefficient (Wildman–Crippen LogP) is 6.36. The Morgan fingerprint density at radius 2 is 0.889 bits per heavy atom. The van der Waals surface area contributed by atoms with Crippen LogP contribution in [0.15, 0.2) is 48.5 Å². The van der Waals surface area contributed by atoms with Gasteiger partial charge in [-0.15, -0.1) is 0 Å². The Labute approximate surface area is 173 Å². The number of benzene rings is 3. The van der Waals surface area contributed by atoms with Crippen LogP contribution in [0.3, 0.4) is 0 Å². The van der Waals surface area contributed by atoms with Crippen molar-refractivity contribution in [3.05, 3.63) is 81.9 Å². The molecule has 0 N–H and O–H groups in total. The second kappa shape index (κ2) is 6.90. The molecule has 0 saturated heterocycles. The zero-order valence-corrected chi connectivity index (χ0v) is 19.9. The summed E-state index contributed by atoms with van der Waals surface area (Å²) in [6.07, 6.45) is 0. The molecule has 3 aromatic rings. The van der Waals surface area contributed by atoms with Crippen LogP contribution < -0.4 is 6.24 Å². The van der Waals surface area contributed by atoms with Gasteiger partial charge in [0.2, 0.25) is 0 Å². The van der Waals surface area contributed by atoms with E-state index in [0.717, 1.165) is 0 Å². The minimum absolute atomic E-state index is 1.07. The first-order chi connectivity index (χ1) is 12.9. The Morgan fingerprint density at radius 1 is 0.556 bits per heavy atom. The summed E-state index contributed by atoms with van der Waals surface area (Å²) in [5, 5.41) is 0. The van der Waals surface area contributed by atoms with Crippen molar-refractivity contribution in [1.82, 2.24) is 0 Å². The molecule has 0 aromatic heterocycles. The van der Waals surface area contributed by atoms with E-state index in [1.54, 1.807) is 0 Å². The molecule has 0 amide bonds. The van der Waals surface area contributed by atoms with E-state index in [2.05, 4.69) is 96.3 Å². The van der Waals surface area contributed by atoms with E-state index >= 15 is 0 Å². The first-order valence-electron chi connectivity index (χ1n) is 9.48. The van der Waals surface area contributed by atoms with Crippen molar-refractivity contribution in [3.8, 4) is 0 Å². The van der Waals surface area contributed by atoms with Crippen molar-refractivity contribution < 1.29 is 0 Å². The van der Waals surface area contributed by atoms with Gasteiger partial charge >= 0.3 is 174 Å². The average molecular weight is 461 g/mol. The third kappa shape index (κ3) is 3.14. The first-order valence-corrected chi connectivity index (χ1v) is 12.0. The van der Waals surface area contributed by atoms with Gasteiger partial charge in [0.1, 0.15) is 0 Å². The van der Waals surface area contributed by atoms with Crippen LogP contribution in [0.2, 0.25) is 0 Å². The van der Waals surface area contributed by atoms with Crippen LogP contribution in [-0.2, 0) is 0 Å². The zero-order chi connectivity index (χ0) is 19.3. The van der Waals surface area contributed by atoms with E-state index in [-0.39, 0.29) is 0 Å². The Hall–Kier alpha value is -1.94. The van der Waals surface area contributed by atoms with Gasteiger partial charge in [0.05, 0.1) is 0 Å². The summed E-state index contributed by atoms with van der Waals surface area (Å²) in [4.78, 5) is 0. The number of anilines is 4. The Balaban J connectivity index is 1.89. The summed E-state index contributed by atoms with van der Waals surface area (Å²) in [6, 6.07) is 18.2. The monoisotopic (exact) mass is 462 g/mol. The maximum absolute atomic E-state index is 2.64. The van der Waals surface area contributed by atoms with Gasteiger partial charge in [-0.25, -0.2) is 0 Å². The van der Waals surface area contributed by atoms with E-state index in [0.29, 0.717) is 0 Å². The van der Waals surface area contributed by atoms with E-state index in [4.69, 9.17) is 0 Å². The molecule has 0 aliphatic carbocycles. The minimum atomic E-state index is -1.07. The maximum atomic E-state index is 2.64. The number of fused-ring (bicyclic) bond motifs is 1. The third-order valence-corrected chi connectivity index (χ3v) is 9.07. The first kappa shape index (κ1) is 18.4. The standard InChI is InChI=1S/C24H26N2.Sn/c1-15-11-17(3)23(18(4)12-15)25-21-9-7-8-10-22(21)26-24-19(5)13-16(2)14-20(24)6;/h7-14H,1-6H3;/q-2;+2. The van der Waals surface area contributed by atoms with E-state index in [1.807, 2.05) is 0 Å². The van der Waals surface area contributed by atoms with Crippen molar-refractivity contribution in [2.75, 3.05) is 6.24 Å². The number of hydrogen-bond donors (Lipinski definition) is 0. The third-order valence-electron chi connectivity index (χ3n) is 5.28. The molecule has 0 unspecified atom stereocenters. The van der Waals surface area contributed by atoms with Crippen LogP contribution in [0.5, 0.6) is 0 Å². The molecule has 3 aromatic carbocycles. The second-order valence-electron chi connectivity index (χ2n) is 7.75. The summed E-state index contributed by atoms with van der Waals surface area (Å²) in [5.74, 6) is 0. The quantitative estimate of drug-likeness (QED) is 0.410. The van der Waals surface area contributed by atoms with Gasteiger partial charge in [-0.3, -0.25) is 0 Å². The van der Waals surface area contributed by atoms with Crippen LogP contribution in [0.25, 0.3) is 0 Å². The number of aryl methyl sites for hydroxylation is 6. The van der Waals surface area contributed by atoms with E-state index in [1.165, 1.54) is 56.1 Å². The normalized spacial score (nSPS) is 13.3. The van der Waals surface area contributed by atoms with Crippen molar-refractivity contribution >= 4 is 44.4 Å². The van der Waals surface area contributed by atoms with Gasteiger partial charge in [-0.1, -0.05) is 0 Å². The number of para-hydroxylation sites is 2. The molecule has 4 rings (SSSR count). The van der Waals surface area contributed by atoms with Crippen molar-refractivity contribution in [2.24, 2.45) is 0 Å². The summed E-state index contributed by atoms with van der Waals surface area (Å²) in [7, 11) is 0. The number of nitrogens with zero attached hydrogens (tertiary/aromatic N) is 2. The summed E-state index contributed by atoms with van der Waals surface area (Å²) < 4.78 is 5.28. The van der Waals surface area contributed by atoms with Crippen LogP contribution in [-0.4, -0.2) is 21.7 Å². The fourth-order valence-corrected chi connectivity index (χ4v) is 9.29. The molecule has 2 radical (unpaired) electrons. The summed E-state index contributed by atoms with van der Waals surface area (Å²) >= 11 is -1.07. The number of rotatable bonds is 2. The van der Waals surface area contributed by atoms with E-state index < -0.39 is 21.7 Å². The van der Waals surface area contributed by atoms with Gasteiger partial charge in [0.15, 0.2) is 0 Å². The summed E-state index contributed by atoms with van der Waals surface area (Å²) in [5.41, 5.74) is 13.7. The van der Waals surface area contributed by atoms with Crippen LogP contribution in [0, 0.1) is 41.5 Å². The van der Waals surface area contributed by atoms with Gasteiger partial charge in [0, 0.05) is 0 Å². The second-order valence-corrected chi connectivity index (χ2v) is 10.9. The molecule has 0 saturated carbocycles. The zero-order valence-electron chi connectivity index (χ0n) is 17.0. The molecule has 0 spiro atoms. The molecule has 0 fully saturated rings. The van der Waals surface area contributed by atoms with Gasteiger partial charge in [-0.2, -0.15) is 0 Å². The van der Waals surface area contributed by atoms with Crippen molar-refractivity contribution in [3.63, 3.8) is 0 Å². The Morgan fingerprint density at radius 3 is 1.22 bits per heavy atom. The fourth-order valence-electron chi connectivity index (χ4n) is 4.44. The average Bonchev–Trinajstić information content (AvgIpc) is 2.93. The molecule has 2 nitrogen and oxygen atoms in total. The fraction of sp³-hybridized carbons (Fsp3) is 0.250.